The van der Waals surface area contributed by atoms with Crippen molar-refractivity contribution in [3.63, 3.8) is 0 Å². The molecule has 0 spiro atoms. The van der Waals surface area contributed by atoms with E-state index in [9.17, 15) is 9.59 Å². The molecule has 0 fully saturated rings. The predicted molar refractivity (Wildman–Crippen MR) is 61.5 cm³/mol. The van der Waals surface area contributed by atoms with Crippen molar-refractivity contribution in [2.45, 2.75) is 12.8 Å². The van der Waals surface area contributed by atoms with Gasteiger partial charge in [-0.05, 0) is 24.6 Å². The average Bonchev–Trinajstić information content (AvgIpc) is 2.81. The van der Waals surface area contributed by atoms with Crippen LogP contribution in [0.3, 0.4) is 0 Å². The van der Waals surface area contributed by atoms with Gasteiger partial charge in [0.15, 0.2) is 0 Å². The van der Waals surface area contributed by atoms with Crippen LogP contribution in [0, 0.1) is 0 Å². The number of unbranched alkanes of at least 4 members (excludes halogenated alkanes) is 1. The Kier molecular flexibility index (Phi) is 3.44. The molecule has 6 heteroatoms. The molecule has 2 aromatic rings. The van der Waals surface area contributed by atoms with Crippen LogP contribution in [0.15, 0.2) is 18.2 Å². The first-order chi connectivity index (χ1) is 8.31. The lowest BCUT2D eigenvalue weighted by Gasteiger charge is -2.03. The Hall–Kier alpha value is -2.24. The highest BCUT2D eigenvalue weighted by Gasteiger charge is 2.07. The zero-order valence-corrected chi connectivity index (χ0v) is 9.14. The number of hydrogen-bond donors (Lipinski definition) is 2. The molecule has 1 aromatic heterocycles. The van der Waals surface area contributed by atoms with Crippen molar-refractivity contribution in [2.75, 3.05) is 6.54 Å². The van der Waals surface area contributed by atoms with Crippen molar-refractivity contribution < 1.29 is 9.59 Å². The number of carbonyl (C=O) groups excluding carboxylic acids is 2. The van der Waals surface area contributed by atoms with Crippen LogP contribution in [-0.2, 0) is 4.79 Å². The highest BCUT2D eigenvalue weighted by atomic mass is 16.1. The molecule has 2 N–H and O–H groups in total. The van der Waals surface area contributed by atoms with Gasteiger partial charge in [-0.1, -0.05) is 0 Å². The Balaban J connectivity index is 2.00. The van der Waals surface area contributed by atoms with Crippen molar-refractivity contribution in [2.24, 2.45) is 0 Å². The number of fused-ring (bicyclic) bond motifs is 1. The first-order valence-corrected chi connectivity index (χ1v) is 5.33. The van der Waals surface area contributed by atoms with Crippen LogP contribution in [0.25, 0.3) is 11.0 Å². The smallest absolute Gasteiger partial charge is 0.251 e. The van der Waals surface area contributed by atoms with Crippen LogP contribution < -0.4 is 5.32 Å². The van der Waals surface area contributed by atoms with Crippen LogP contribution in [-0.4, -0.2) is 34.1 Å². The third kappa shape index (κ3) is 2.66. The first-order valence-electron chi connectivity index (χ1n) is 5.33. The quantitative estimate of drug-likeness (QED) is 0.585. The summed E-state index contributed by atoms with van der Waals surface area (Å²) >= 11 is 0. The van der Waals surface area contributed by atoms with E-state index in [2.05, 4.69) is 20.7 Å². The van der Waals surface area contributed by atoms with E-state index in [4.69, 9.17) is 0 Å². The van der Waals surface area contributed by atoms with E-state index in [0.717, 1.165) is 11.8 Å². The Morgan fingerprint density at radius 1 is 1.35 bits per heavy atom. The lowest BCUT2D eigenvalue weighted by molar-refractivity contribution is -0.107. The van der Waals surface area contributed by atoms with E-state index in [-0.39, 0.29) is 5.91 Å². The standard InChI is InChI=1S/C11H12N4O2/c16-6-2-1-5-12-11(17)8-3-4-9-10(7-8)14-15-13-9/h3-4,6-7H,1-2,5H2,(H,12,17)(H,13,14,15). The Bertz CT molecular complexity index is 535. The summed E-state index contributed by atoms with van der Waals surface area (Å²) in [6.45, 7) is 0.494. The summed E-state index contributed by atoms with van der Waals surface area (Å²) in [5, 5.41) is 13.0. The summed E-state index contributed by atoms with van der Waals surface area (Å²) in [5.74, 6) is -0.166. The second kappa shape index (κ2) is 5.20. The highest BCUT2D eigenvalue weighted by molar-refractivity contribution is 5.97. The molecule has 0 aliphatic rings. The average molecular weight is 232 g/mol. The molecule has 0 aliphatic carbocycles. The molecule has 0 saturated carbocycles. The highest BCUT2D eigenvalue weighted by Crippen LogP contribution is 2.10. The number of rotatable bonds is 5. The Labute approximate surface area is 97.4 Å². The fourth-order valence-corrected chi connectivity index (χ4v) is 1.47. The molecule has 6 nitrogen and oxygen atoms in total. The van der Waals surface area contributed by atoms with Crippen LogP contribution in [0.5, 0.6) is 0 Å². The monoisotopic (exact) mass is 232 g/mol. The summed E-state index contributed by atoms with van der Waals surface area (Å²) in [6, 6.07) is 5.10. The van der Waals surface area contributed by atoms with Crippen LogP contribution in [0.2, 0.25) is 0 Å². The van der Waals surface area contributed by atoms with Crippen molar-refractivity contribution in [1.29, 1.82) is 0 Å². The van der Waals surface area contributed by atoms with Gasteiger partial charge in [-0.2, -0.15) is 15.4 Å². The fourth-order valence-electron chi connectivity index (χ4n) is 1.47. The van der Waals surface area contributed by atoms with Gasteiger partial charge in [-0.25, -0.2) is 0 Å². The number of amides is 1. The van der Waals surface area contributed by atoms with Gasteiger partial charge in [-0.3, -0.25) is 4.79 Å². The molecule has 17 heavy (non-hydrogen) atoms. The fraction of sp³-hybridized carbons (Fsp3) is 0.273. The van der Waals surface area contributed by atoms with Gasteiger partial charge in [0.05, 0.1) is 0 Å². The van der Waals surface area contributed by atoms with Crippen LogP contribution in [0.1, 0.15) is 23.2 Å². The second-order valence-electron chi connectivity index (χ2n) is 3.59. The van der Waals surface area contributed by atoms with Gasteiger partial charge in [0.25, 0.3) is 5.91 Å². The zero-order valence-electron chi connectivity index (χ0n) is 9.14. The number of aromatic amines is 1. The van der Waals surface area contributed by atoms with Gasteiger partial charge in [-0.15, -0.1) is 0 Å². The maximum atomic E-state index is 11.7. The minimum Gasteiger partial charge on any atom is -0.352 e. The van der Waals surface area contributed by atoms with Gasteiger partial charge in [0.1, 0.15) is 17.3 Å². The SMILES string of the molecule is O=CCCCNC(=O)c1ccc2n[nH]nc2c1. The number of nitrogens with zero attached hydrogens (tertiary/aromatic N) is 2. The number of nitrogens with one attached hydrogen (secondary N) is 2. The summed E-state index contributed by atoms with van der Waals surface area (Å²) in [4.78, 5) is 21.8. The van der Waals surface area contributed by atoms with E-state index < -0.39 is 0 Å². The van der Waals surface area contributed by atoms with Gasteiger partial charge >= 0.3 is 0 Å². The van der Waals surface area contributed by atoms with Gasteiger partial charge in [0.2, 0.25) is 0 Å². The van der Waals surface area contributed by atoms with Crippen LogP contribution in [0.4, 0.5) is 0 Å². The number of carbonyl (C=O) groups is 2. The molecule has 0 unspecified atom stereocenters. The Morgan fingerprint density at radius 3 is 3.00 bits per heavy atom. The minimum absolute atomic E-state index is 0.166. The molecule has 1 aromatic carbocycles. The van der Waals surface area contributed by atoms with E-state index >= 15 is 0 Å². The molecule has 88 valence electrons. The third-order valence-corrected chi connectivity index (χ3v) is 2.36. The molecule has 0 aliphatic heterocycles. The Morgan fingerprint density at radius 2 is 2.18 bits per heavy atom. The number of aromatic nitrogens is 3. The van der Waals surface area contributed by atoms with Crippen molar-refractivity contribution in [1.82, 2.24) is 20.7 Å². The first kappa shape index (κ1) is 11.3. The molecule has 0 radical (unpaired) electrons. The summed E-state index contributed by atoms with van der Waals surface area (Å²) in [5.41, 5.74) is 1.92. The summed E-state index contributed by atoms with van der Waals surface area (Å²) < 4.78 is 0. The molecule has 0 saturated heterocycles. The van der Waals surface area contributed by atoms with Crippen molar-refractivity contribution in [3.8, 4) is 0 Å². The van der Waals surface area contributed by atoms with E-state index in [1.807, 2.05) is 0 Å². The number of hydrogen-bond acceptors (Lipinski definition) is 4. The van der Waals surface area contributed by atoms with Crippen molar-refractivity contribution >= 4 is 23.2 Å². The summed E-state index contributed by atoms with van der Waals surface area (Å²) in [7, 11) is 0. The van der Waals surface area contributed by atoms with Crippen LogP contribution >= 0.6 is 0 Å². The maximum Gasteiger partial charge on any atom is 0.251 e. The topological polar surface area (TPSA) is 87.7 Å². The minimum atomic E-state index is -0.166. The lowest BCUT2D eigenvalue weighted by atomic mass is 10.2. The molecule has 1 amide bonds. The van der Waals surface area contributed by atoms with Gasteiger partial charge < -0.3 is 10.1 Å². The second-order valence-corrected chi connectivity index (χ2v) is 3.59. The molecular formula is C11H12N4O2. The largest absolute Gasteiger partial charge is 0.352 e. The number of H-pyrrole nitrogens is 1. The molecular weight excluding hydrogens is 220 g/mol. The van der Waals surface area contributed by atoms with E-state index in [0.29, 0.717) is 30.5 Å². The normalized spacial score (nSPS) is 10.4. The van der Waals surface area contributed by atoms with Crippen molar-refractivity contribution in [3.05, 3.63) is 23.8 Å². The maximum absolute atomic E-state index is 11.7. The molecule has 2 rings (SSSR count). The third-order valence-electron chi connectivity index (χ3n) is 2.36. The van der Waals surface area contributed by atoms with E-state index in [1.54, 1.807) is 18.2 Å². The number of benzene rings is 1. The van der Waals surface area contributed by atoms with Gasteiger partial charge in [0, 0.05) is 18.5 Å². The predicted octanol–water partition coefficient (Wildman–Crippen LogP) is 0.667. The zero-order chi connectivity index (χ0) is 12.1. The molecule has 0 bridgehead atoms. The molecule has 1 heterocycles. The van der Waals surface area contributed by atoms with E-state index in [1.165, 1.54) is 0 Å². The molecule has 0 atom stereocenters. The summed E-state index contributed by atoms with van der Waals surface area (Å²) in [6.07, 6.45) is 1.96. The number of aldehydes is 1. The lowest BCUT2D eigenvalue weighted by Crippen LogP contribution is -2.24.